The van der Waals surface area contributed by atoms with Crippen molar-refractivity contribution in [1.29, 1.82) is 0 Å². The van der Waals surface area contributed by atoms with Crippen molar-refractivity contribution >= 4 is 11.6 Å². The van der Waals surface area contributed by atoms with Crippen LogP contribution in [0.2, 0.25) is 5.02 Å². The van der Waals surface area contributed by atoms with Crippen molar-refractivity contribution in [3.63, 3.8) is 0 Å². The van der Waals surface area contributed by atoms with Gasteiger partial charge in [0.15, 0.2) is 0 Å². The second-order valence-corrected chi connectivity index (χ2v) is 3.69. The standard InChI is InChI=1S/C13H9ClFO/c14-11-7-6-10(13(15)8-11)9-16-12-4-2-1-3-5-12/h1-4,6-8H,9H2. The second-order valence-electron chi connectivity index (χ2n) is 3.25. The molecule has 16 heavy (non-hydrogen) atoms. The molecule has 0 aromatic heterocycles. The zero-order valence-electron chi connectivity index (χ0n) is 8.41. The predicted molar refractivity (Wildman–Crippen MR) is 61.0 cm³/mol. The smallest absolute Gasteiger partial charge is 0.131 e. The van der Waals surface area contributed by atoms with Crippen LogP contribution < -0.4 is 4.74 Å². The van der Waals surface area contributed by atoms with E-state index in [4.69, 9.17) is 16.3 Å². The largest absolute Gasteiger partial charge is 0.488 e. The van der Waals surface area contributed by atoms with Crippen LogP contribution in [0, 0.1) is 11.9 Å². The Morgan fingerprint density at radius 3 is 2.81 bits per heavy atom. The summed E-state index contributed by atoms with van der Waals surface area (Å²) in [6.07, 6.45) is 0. The minimum absolute atomic E-state index is 0.170. The van der Waals surface area contributed by atoms with E-state index in [1.165, 1.54) is 6.07 Å². The van der Waals surface area contributed by atoms with E-state index in [2.05, 4.69) is 6.07 Å². The normalized spacial score (nSPS) is 10.1. The Kier molecular flexibility index (Phi) is 3.42. The maximum atomic E-state index is 13.4. The monoisotopic (exact) mass is 235 g/mol. The number of hydrogen-bond acceptors (Lipinski definition) is 1. The van der Waals surface area contributed by atoms with Gasteiger partial charge in [-0.05, 0) is 18.2 Å². The molecule has 0 bridgehead atoms. The zero-order valence-corrected chi connectivity index (χ0v) is 9.17. The molecular weight excluding hydrogens is 227 g/mol. The third-order valence-corrected chi connectivity index (χ3v) is 2.31. The first-order valence-electron chi connectivity index (χ1n) is 4.79. The molecule has 1 radical (unpaired) electrons. The molecule has 1 nitrogen and oxygen atoms in total. The highest BCUT2D eigenvalue weighted by atomic mass is 35.5. The van der Waals surface area contributed by atoms with E-state index in [1.807, 2.05) is 12.1 Å². The van der Waals surface area contributed by atoms with Gasteiger partial charge in [-0.1, -0.05) is 35.9 Å². The van der Waals surface area contributed by atoms with Crippen molar-refractivity contribution in [3.8, 4) is 5.75 Å². The van der Waals surface area contributed by atoms with Crippen molar-refractivity contribution in [2.45, 2.75) is 6.61 Å². The number of benzene rings is 2. The molecule has 0 spiro atoms. The molecule has 81 valence electrons. The van der Waals surface area contributed by atoms with Crippen LogP contribution in [-0.4, -0.2) is 0 Å². The summed E-state index contributed by atoms with van der Waals surface area (Å²) in [4.78, 5) is 0. The number of halogens is 2. The molecule has 0 fully saturated rings. The zero-order chi connectivity index (χ0) is 11.4. The Bertz CT molecular complexity index is 471. The molecule has 0 aliphatic rings. The van der Waals surface area contributed by atoms with Gasteiger partial charge in [-0.3, -0.25) is 0 Å². The van der Waals surface area contributed by atoms with Crippen molar-refractivity contribution in [1.82, 2.24) is 0 Å². The first-order chi connectivity index (χ1) is 7.75. The van der Waals surface area contributed by atoms with Crippen LogP contribution in [0.1, 0.15) is 5.56 Å². The molecule has 2 aromatic rings. The minimum atomic E-state index is -0.358. The van der Waals surface area contributed by atoms with Gasteiger partial charge in [0.25, 0.3) is 0 Å². The third-order valence-electron chi connectivity index (χ3n) is 2.08. The van der Waals surface area contributed by atoms with Crippen LogP contribution in [0.5, 0.6) is 5.75 Å². The predicted octanol–water partition coefficient (Wildman–Crippen LogP) is 3.86. The van der Waals surface area contributed by atoms with Crippen LogP contribution in [0.3, 0.4) is 0 Å². The molecule has 0 saturated heterocycles. The summed E-state index contributed by atoms with van der Waals surface area (Å²) in [7, 11) is 0. The van der Waals surface area contributed by atoms with Crippen LogP contribution >= 0.6 is 11.6 Å². The van der Waals surface area contributed by atoms with E-state index < -0.39 is 0 Å². The van der Waals surface area contributed by atoms with Crippen LogP contribution in [0.25, 0.3) is 0 Å². The molecule has 0 aliphatic heterocycles. The highest BCUT2D eigenvalue weighted by Crippen LogP contribution is 2.17. The van der Waals surface area contributed by atoms with E-state index >= 15 is 0 Å². The lowest BCUT2D eigenvalue weighted by Gasteiger charge is -2.06. The van der Waals surface area contributed by atoms with Crippen molar-refractivity contribution in [2.24, 2.45) is 0 Å². The second kappa shape index (κ2) is 4.99. The number of ether oxygens (including phenoxy) is 1. The average molecular weight is 236 g/mol. The third kappa shape index (κ3) is 2.74. The summed E-state index contributed by atoms with van der Waals surface area (Å²) >= 11 is 5.65. The van der Waals surface area contributed by atoms with E-state index in [-0.39, 0.29) is 12.4 Å². The van der Waals surface area contributed by atoms with Gasteiger partial charge in [-0.25, -0.2) is 4.39 Å². The lowest BCUT2D eigenvalue weighted by atomic mass is 10.2. The fourth-order valence-corrected chi connectivity index (χ4v) is 1.42. The molecule has 2 aromatic carbocycles. The topological polar surface area (TPSA) is 9.23 Å². The molecule has 0 N–H and O–H groups in total. The van der Waals surface area contributed by atoms with Crippen LogP contribution in [-0.2, 0) is 6.61 Å². The maximum Gasteiger partial charge on any atom is 0.131 e. The Hall–Kier alpha value is -1.54. The van der Waals surface area contributed by atoms with Crippen LogP contribution in [0.15, 0.2) is 42.5 Å². The molecule has 0 saturated carbocycles. The summed E-state index contributed by atoms with van der Waals surface area (Å²) in [5.41, 5.74) is 0.474. The van der Waals surface area contributed by atoms with Crippen LogP contribution in [0.4, 0.5) is 4.39 Å². The Labute approximate surface area is 98.4 Å². The Morgan fingerprint density at radius 2 is 2.12 bits per heavy atom. The van der Waals surface area contributed by atoms with Crippen molar-refractivity contribution in [3.05, 3.63) is 64.9 Å². The molecule has 0 unspecified atom stereocenters. The summed E-state index contributed by atoms with van der Waals surface area (Å²) in [6.45, 7) is 0.170. The quantitative estimate of drug-likeness (QED) is 0.785. The van der Waals surface area contributed by atoms with Gasteiger partial charge in [-0.15, -0.1) is 0 Å². The lowest BCUT2D eigenvalue weighted by Crippen LogP contribution is -1.98. The number of hydrogen-bond donors (Lipinski definition) is 0. The molecular formula is C13H9ClFO. The SMILES string of the molecule is Fc1cc(Cl)ccc1COc1[c]cccc1. The Balaban J connectivity index is 2.05. The molecule has 2 rings (SSSR count). The molecule has 0 atom stereocenters. The highest BCUT2D eigenvalue weighted by molar-refractivity contribution is 6.30. The maximum absolute atomic E-state index is 13.4. The number of para-hydroxylation sites is 1. The van der Waals surface area contributed by atoms with Gasteiger partial charge < -0.3 is 4.74 Å². The highest BCUT2D eigenvalue weighted by Gasteiger charge is 2.03. The fraction of sp³-hybridized carbons (Fsp3) is 0.0769. The summed E-state index contributed by atoms with van der Waals surface area (Å²) in [5.74, 6) is 0.236. The van der Waals surface area contributed by atoms with Crippen molar-refractivity contribution in [2.75, 3.05) is 0 Å². The van der Waals surface area contributed by atoms with E-state index in [9.17, 15) is 4.39 Å². The van der Waals surface area contributed by atoms with Gasteiger partial charge in [0.05, 0.1) is 0 Å². The first-order valence-corrected chi connectivity index (χ1v) is 5.17. The minimum Gasteiger partial charge on any atom is -0.488 e. The van der Waals surface area contributed by atoms with Crippen molar-refractivity contribution < 1.29 is 9.13 Å². The number of rotatable bonds is 3. The van der Waals surface area contributed by atoms with Gasteiger partial charge in [0, 0.05) is 16.7 Å². The average Bonchev–Trinajstić information content (AvgIpc) is 2.29. The van der Waals surface area contributed by atoms with Gasteiger partial charge in [-0.2, -0.15) is 0 Å². The van der Waals surface area contributed by atoms with E-state index in [0.29, 0.717) is 16.3 Å². The molecule has 0 aliphatic carbocycles. The lowest BCUT2D eigenvalue weighted by molar-refractivity contribution is 0.299. The summed E-state index contributed by atoms with van der Waals surface area (Å²) in [5, 5.41) is 0.382. The first kappa shape index (κ1) is 11.0. The van der Waals surface area contributed by atoms with Gasteiger partial charge in [0.1, 0.15) is 18.2 Å². The fourth-order valence-electron chi connectivity index (χ4n) is 1.26. The summed E-state index contributed by atoms with van der Waals surface area (Å²) < 4.78 is 18.8. The molecule has 0 heterocycles. The molecule has 3 heteroatoms. The Morgan fingerprint density at radius 1 is 1.25 bits per heavy atom. The van der Waals surface area contributed by atoms with E-state index in [0.717, 1.165) is 0 Å². The molecule has 0 amide bonds. The van der Waals surface area contributed by atoms with E-state index in [1.54, 1.807) is 24.3 Å². The van der Waals surface area contributed by atoms with Gasteiger partial charge in [0.2, 0.25) is 0 Å². The van der Waals surface area contributed by atoms with Gasteiger partial charge >= 0.3 is 0 Å². The summed E-state index contributed by atoms with van der Waals surface area (Å²) in [6, 6.07) is 14.6.